The highest BCUT2D eigenvalue weighted by molar-refractivity contribution is 5.62. The van der Waals surface area contributed by atoms with E-state index in [0.717, 1.165) is 16.8 Å². The van der Waals surface area contributed by atoms with E-state index in [2.05, 4.69) is 48.5 Å². The van der Waals surface area contributed by atoms with Crippen LogP contribution in [-0.2, 0) is 5.41 Å². The Hall–Kier alpha value is -2.66. The van der Waals surface area contributed by atoms with Gasteiger partial charge in [0.2, 0.25) is 11.8 Å². The van der Waals surface area contributed by atoms with Gasteiger partial charge in [0.05, 0.1) is 0 Å². The van der Waals surface area contributed by atoms with Crippen LogP contribution in [0.15, 0.2) is 52.9 Å². The first-order valence-electron chi connectivity index (χ1n) is 7.49. The van der Waals surface area contributed by atoms with Crippen LogP contribution in [0.1, 0.15) is 26.3 Å². The zero-order valence-electron chi connectivity index (χ0n) is 13.5. The average molecular weight is 308 g/mol. The normalized spacial score (nSPS) is 11.5. The third-order valence-corrected chi connectivity index (χ3v) is 3.70. The number of nitrogens with zero attached hydrogens (tertiary/aromatic N) is 2. The standard InChI is InChI=1S/C18H20N4O/c1-18(2,3)14-9-7-12(8-10-14)16-21-22-17(23-16)13-5-4-6-15(11-13)20-19/h4-11,20H,19H2,1-3H3. The zero-order valence-corrected chi connectivity index (χ0v) is 13.5. The minimum Gasteiger partial charge on any atom is -0.416 e. The van der Waals surface area contributed by atoms with Crippen LogP contribution in [0.3, 0.4) is 0 Å². The molecule has 0 saturated carbocycles. The van der Waals surface area contributed by atoms with Crippen LogP contribution < -0.4 is 11.3 Å². The second-order valence-electron chi connectivity index (χ2n) is 6.46. The fraction of sp³-hybridized carbons (Fsp3) is 0.222. The molecule has 0 aliphatic rings. The summed E-state index contributed by atoms with van der Waals surface area (Å²) >= 11 is 0. The molecule has 0 amide bonds. The van der Waals surface area contributed by atoms with Crippen LogP contribution in [-0.4, -0.2) is 10.2 Å². The lowest BCUT2D eigenvalue weighted by molar-refractivity contribution is 0.582. The van der Waals surface area contributed by atoms with Crippen LogP contribution in [0.2, 0.25) is 0 Å². The van der Waals surface area contributed by atoms with Gasteiger partial charge in [-0.2, -0.15) is 0 Å². The number of nitrogens with one attached hydrogen (secondary N) is 1. The third kappa shape index (κ3) is 3.24. The Labute approximate surface area is 135 Å². The van der Waals surface area contributed by atoms with E-state index in [1.54, 1.807) is 0 Å². The van der Waals surface area contributed by atoms with Crippen molar-refractivity contribution < 1.29 is 4.42 Å². The molecule has 0 atom stereocenters. The Kier molecular flexibility index (Phi) is 3.88. The summed E-state index contributed by atoms with van der Waals surface area (Å²) in [5.41, 5.74) is 6.51. The SMILES string of the molecule is CC(C)(C)c1ccc(-c2nnc(-c3cccc(NN)c3)o2)cc1. The number of rotatable bonds is 3. The molecule has 0 aliphatic carbocycles. The van der Waals surface area contributed by atoms with Crippen LogP contribution >= 0.6 is 0 Å². The number of aromatic nitrogens is 2. The van der Waals surface area contributed by atoms with Gasteiger partial charge in [-0.15, -0.1) is 10.2 Å². The molecule has 3 rings (SSSR count). The summed E-state index contributed by atoms with van der Waals surface area (Å²) in [5, 5.41) is 8.27. The van der Waals surface area contributed by atoms with Crippen molar-refractivity contribution in [1.82, 2.24) is 10.2 Å². The second-order valence-corrected chi connectivity index (χ2v) is 6.46. The second kappa shape index (κ2) is 5.85. The summed E-state index contributed by atoms with van der Waals surface area (Å²) in [6, 6.07) is 15.7. The summed E-state index contributed by atoms with van der Waals surface area (Å²) in [4.78, 5) is 0. The van der Waals surface area contributed by atoms with Crippen LogP contribution in [0.5, 0.6) is 0 Å². The molecule has 0 bridgehead atoms. The molecular formula is C18H20N4O. The Bertz CT molecular complexity index is 800. The Morgan fingerprint density at radius 3 is 2.17 bits per heavy atom. The summed E-state index contributed by atoms with van der Waals surface area (Å²) < 4.78 is 5.79. The lowest BCUT2D eigenvalue weighted by Crippen LogP contribution is -2.10. The molecule has 2 aromatic carbocycles. The maximum absolute atomic E-state index is 5.79. The molecule has 0 radical (unpaired) electrons. The van der Waals surface area contributed by atoms with Crippen molar-refractivity contribution in [2.24, 2.45) is 5.84 Å². The third-order valence-electron chi connectivity index (χ3n) is 3.70. The van der Waals surface area contributed by atoms with E-state index in [1.807, 2.05) is 36.4 Å². The predicted octanol–water partition coefficient (Wildman–Crippen LogP) is 3.99. The molecule has 0 spiro atoms. The van der Waals surface area contributed by atoms with E-state index in [1.165, 1.54) is 5.56 Å². The molecule has 1 aromatic heterocycles. The Morgan fingerprint density at radius 1 is 0.913 bits per heavy atom. The largest absolute Gasteiger partial charge is 0.416 e. The zero-order chi connectivity index (χ0) is 16.4. The van der Waals surface area contributed by atoms with Gasteiger partial charge in [-0.1, -0.05) is 39.0 Å². The maximum atomic E-state index is 5.79. The van der Waals surface area contributed by atoms with Crippen molar-refractivity contribution in [2.75, 3.05) is 5.43 Å². The van der Waals surface area contributed by atoms with E-state index in [4.69, 9.17) is 10.3 Å². The van der Waals surface area contributed by atoms with Gasteiger partial charge in [0, 0.05) is 16.8 Å². The lowest BCUT2D eigenvalue weighted by atomic mass is 9.87. The molecule has 5 heteroatoms. The number of nitrogens with two attached hydrogens (primary N) is 1. The fourth-order valence-electron chi connectivity index (χ4n) is 2.31. The van der Waals surface area contributed by atoms with Gasteiger partial charge in [-0.25, -0.2) is 0 Å². The number of benzene rings is 2. The molecule has 23 heavy (non-hydrogen) atoms. The van der Waals surface area contributed by atoms with Crippen molar-refractivity contribution in [2.45, 2.75) is 26.2 Å². The number of hydrogen-bond acceptors (Lipinski definition) is 5. The van der Waals surface area contributed by atoms with E-state index in [9.17, 15) is 0 Å². The maximum Gasteiger partial charge on any atom is 0.248 e. The van der Waals surface area contributed by atoms with Crippen LogP contribution in [0.25, 0.3) is 22.9 Å². The average Bonchev–Trinajstić information content (AvgIpc) is 3.04. The molecule has 1 heterocycles. The number of hydrogen-bond donors (Lipinski definition) is 2. The van der Waals surface area contributed by atoms with Crippen LogP contribution in [0, 0.1) is 0 Å². The number of nitrogen functional groups attached to an aromatic ring is 1. The van der Waals surface area contributed by atoms with Gasteiger partial charge in [0.1, 0.15) is 0 Å². The summed E-state index contributed by atoms with van der Waals surface area (Å²) in [6.45, 7) is 6.56. The summed E-state index contributed by atoms with van der Waals surface area (Å²) in [7, 11) is 0. The smallest absolute Gasteiger partial charge is 0.248 e. The summed E-state index contributed by atoms with van der Waals surface area (Å²) in [5.74, 6) is 6.40. The van der Waals surface area contributed by atoms with Crippen molar-refractivity contribution in [1.29, 1.82) is 0 Å². The Balaban J connectivity index is 1.89. The Morgan fingerprint density at radius 2 is 1.57 bits per heavy atom. The van der Waals surface area contributed by atoms with E-state index >= 15 is 0 Å². The van der Waals surface area contributed by atoms with Gasteiger partial charge in [0.15, 0.2) is 0 Å². The first-order valence-corrected chi connectivity index (χ1v) is 7.49. The highest BCUT2D eigenvalue weighted by Gasteiger charge is 2.15. The van der Waals surface area contributed by atoms with Crippen molar-refractivity contribution in [3.05, 3.63) is 54.1 Å². The first-order chi connectivity index (χ1) is 11.0. The van der Waals surface area contributed by atoms with Gasteiger partial charge in [-0.05, 0) is 41.3 Å². The van der Waals surface area contributed by atoms with Crippen LogP contribution in [0.4, 0.5) is 5.69 Å². The van der Waals surface area contributed by atoms with E-state index in [-0.39, 0.29) is 5.41 Å². The van der Waals surface area contributed by atoms with Crippen molar-refractivity contribution in [3.63, 3.8) is 0 Å². The number of hydrazine groups is 1. The molecule has 118 valence electrons. The molecule has 5 nitrogen and oxygen atoms in total. The van der Waals surface area contributed by atoms with Crippen molar-refractivity contribution in [3.8, 4) is 22.9 Å². The molecule has 0 unspecified atom stereocenters. The molecular weight excluding hydrogens is 288 g/mol. The highest BCUT2D eigenvalue weighted by atomic mass is 16.4. The molecule has 0 saturated heterocycles. The van der Waals surface area contributed by atoms with E-state index < -0.39 is 0 Å². The fourth-order valence-corrected chi connectivity index (χ4v) is 2.31. The highest BCUT2D eigenvalue weighted by Crippen LogP contribution is 2.28. The minimum absolute atomic E-state index is 0.119. The molecule has 0 fully saturated rings. The quantitative estimate of drug-likeness (QED) is 0.565. The topological polar surface area (TPSA) is 77.0 Å². The lowest BCUT2D eigenvalue weighted by Gasteiger charge is -2.18. The van der Waals surface area contributed by atoms with Gasteiger partial charge in [-0.3, -0.25) is 5.84 Å². The van der Waals surface area contributed by atoms with Crippen molar-refractivity contribution >= 4 is 5.69 Å². The van der Waals surface area contributed by atoms with Gasteiger partial charge in [0.25, 0.3) is 0 Å². The van der Waals surface area contributed by atoms with Gasteiger partial charge < -0.3 is 9.84 Å². The molecule has 3 N–H and O–H groups in total. The minimum atomic E-state index is 0.119. The molecule has 0 aliphatic heterocycles. The first kappa shape index (κ1) is 15.2. The summed E-state index contributed by atoms with van der Waals surface area (Å²) in [6.07, 6.45) is 0. The van der Waals surface area contributed by atoms with E-state index in [0.29, 0.717) is 11.8 Å². The predicted molar refractivity (Wildman–Crippen MR) is 91.7 cm³/mol. The van der Waals surface area contributed by atoms with Gasteiger partial charge >= 0.3 is 0 Å². The molecule has 3 aromatic rings. The number of anilines is 1. The monoisotopic (exact) mass is 308 g/mol.